The Labute approximate surface area is 98.1 Å². The van der Waals surface area contributed by atoms with E-state index < -0.39 is 6.10 Å². The standard InChI is InChI=1S/C15H20O/c1-3-5-7-10-13(4-2)15(16)14-11-8-6-9-12-14/h6,8-9,11-12,15-16H,2-3,5,7,10H2,1H3/t15-/m1/s1. The maximum Gasteiger partial charge on any atom is 0.107 e. The molecule has 0 aromatic heterocycles. The van der Waals surface area contributed by atoms with Crippen molar-refractivity contribution in [3.8, 4) is 0 Å². The Morgan fingerprint density at radius 3 is 2.56 bits per heavy atom. The molecule has 0 saturated carbocycles. The third-order valence-electron chi connectivity index (χ3n) is 2.72. The van der Waals surface area contributed by atoms with Gasteiger partial charge in [-0.15, -0.1) is 5.73 Å². The van der Waals surface area contributed by atoms with Crippen molar-refractivity contribution in [3.63, 3.8) is 0 Å². The van der Waals surface area contributed by atoms with Crippen molar-refractivity contribution in [2.75, 3.05) is 0 Å². The van der Waals surface area contributed by atoms with Gasteiger partial charge in [0.05, 0.1) is 0 Å². The molecule has 1 rings (SSSR count). The second-order valence-corrected chi connectivity index (χ2v) is 3.97. The Balaban J connectivity index is 2.64. The number of benzene rings is 1. The van der Waals surface area contributed by atoms with Gasteiger partial charge in [-0.3, -0.25) is 0 Å². The number of hydrogen-bond donors (Lipinski definition) is 1. The first-order valence-corrected chi connectivity index (χ1v) is 5.91. The average Bonchev–Trinajstić information content (AvgIpc) is 2.35. The molecule has 1 aromatic rings. The van der Waals surface area contributed by atoms with E-state index in [1.165, 1.54) is 12.8 Å². The Hall–Kier alpha value is -1.30. The van der Waals surface area contributed by atoms with Gasteiger partial charge in [0.2, 0.25) is 0 Å². The summed E-state index contributed by atoms with van der Waals surface area (Å²) in [6.07, 6.45) is 3.81. The zero-order valence-corrected chi connectivity index (χ0v) is 9.95. The lowest BCUT2D eigenvalue weighted by atomic mass is 9.97. The van der Waals surface area contributed by atoms with E-state index in [1.54, 1.807) is 0 Å². The highest BCUT2D eigenvalue weighted by atomic mass is 16.3. The first-order chi connectivity index (χ1) is 7.79. The fourth-order valence-electron chi connectivity index (χ4n) is 1.72. The fraction of sp³-hybridized carbons (Fsp3) is 0.400. The monoisotopic (exact) mass is 216 g/mol. The molecule has 86 valence electrons. The highest BCUT2D eigenvalue weighted by Crippen LogP contribution is 2.24. The van der Waals surface area contributed by atoms with E-state index in [0.717, 1.165) is 24.0 Å². The van der Waals surface area contributed by atoms with Crippen LogP contribution in [0.3, 0.4) is 0 Å². The SMILES string of the molecule is C=C=C(CCCCC)[C@@H](O)c1ccccc1. The number of rotatable bonds is 6. The first kappa shape index (κ1) is 12.8. The Kier molecular flexibility index (Phi) is 5.63. The minimum absolute atomic E-state index is 0.546. The summed E-state index contributed by atoms with van der Waals surface area (Å²) in [6, 6.07) is 9.69. The van der Waals surface area contributed by atoms with E-state index in [-0.39, 0.29) is 0 Å². The summed E-state index contributed by atoms with van der Waals surface area (Å²) in [5.41, 5.74) is 4.70. The molecule has 1 aromatic carbocycles. The molecule has 0 amide bonds. The molecule has 0 saturated heterocycles. The summed E-state index contributed by atoms with van der Waals surface area (Å²) in [5.74, 6) is 0. The van der Waals surface area contributed by atoms with E-state index in [4.69, 9.17) is 0 Å². The van der Waals surface area contributed by atoms with Crippen LogP contribution in [0.4, 0.5) is 0 Å². The Morgan fingerprint density at radius 2 is 2.00 bits per heavy atom. The van der Waals surface area contributed by atoms with Crippen LogP contribution in [0, 0.1) is 0 Å². The lowest BCUT2D eigenvalue weighted by Gasteiger charge is -2.13. The molecule has 1 atom stereocenters. The third kappa shape index (κ3) is 3.69. The summed E-state index contributed by atoms with van der Waals surface area (Å²) < 4.78 is 0. The predicted octanol–water partition coefficient (Wildman–Crippen LogP) is 4.01. The quantitative estimate of drug-likeness (QED) is 0.562. The van der Waals surface area contributed by atoms with Crippen molar-refractivity contribution in [1.82, 2.24) is 0 Å². The smallest absolute Gasteiger partial charge is 0.107 e. The molecule has 0 heterocycles. The Morgan fingerprint density at radius 1 is 1.31 bits per heavy atom. The minimum atomic E-state index is -0.546. The second kappa shape index (κ2) is 7.05. The molecule has 0 aliphatic rings. The van der Waals surface area contributed by atoms with Gasteiger partial charge in [-0.1, -0.05) is 56.7 Å². The molecule has 0 radical (unpaired) electrons. The molecule has 0 bridgehead atoms. The van der Waals surface area contributed by atoms with Crippen molar-refractivity contribution < 1.29 is 5.11 Å². The molecule has 1 heteroatoms. The second-order valence-electron chi connectivity index (χ2n) is 3.97. The largest absolute Gasteiger partial charge is 0.383 e. The van der Waals surface area contributed by atoms with Gasteiger partial charge < -0.3 is 5.11 Å². The zero-order valence-electron chi connectivity index (χ0n) is 9.95. The van der Waals surface area contributed by atoms with Crippen LogP contribution in [0.5, 0.6) is 0 Å². The summed E-state index contributed by atoms with van der Waals surface area (Å²) in [6.45, 7) is 5.84. The molecule has 0 aliphatic heterocycles. The van der Waals surface area contributed by atoms with Gasteiger partial charge in [0.25, 0.3) is 0 Å². The normalized spacial score (nSPS) is 11.9. The van der Waals surface area contributed by atoms with Crippen molar-refractivity contribution in [2.45, 2.75) is 38.7 Å². The molecular weight excluding hydrogens is 196 g/mol. The summed E-state index contributed by atoms with van der Waals surface area (Å²) in [7, 11) is 0. The van der Waals surface area contributed by atoms with Gasteiger partial charge in [-0.05, 0) is 18.4 Å². The van der Waals surface area contributed by atoms with E-state index in [9.17, 15) is 5.11 Å². The van der Waals surface area contributed by atoms with E-state index >= 15 is 0 Å². The van der Waals surface area contributed by atoms with Crippen LogP contribution < -0.4 is 0 Å². The minimum Gasteiger partial charge on any atom is -0.383 e. The van der Waals surface area contributed by atoms with E-state index in [2.05, 4.69) is 19.2 Å². The zero-order chi connectivity index (χ0) is 11.8. The van der Waals surface area contributed by atoms with Crippen LogP contribution in [0.2, 0.25) is 0 Å². The van der Waals surface area contributed by atoms with E-state index in [0.29, 0.717) is 0 Å². The van der Waals surface area contributed by atoms with Crippen molar-refractivity contribution in [3.05, 3.63) is 53.8 Å². The predicted molar refractivity (Wildman–Crippen MR) is 68.2 cm³/mol. The fourth-order valence-corrected chi connectivity index (χ4v) is 1.72. The van der Waals surface area contributed by atoms with Crippen molar-refractivity contribution >= 4 is 0 Å². The molecule has 0 unspecified atom stereocenters. The maximum absolute atomic E-state index is 10.1. The number of aliphatic hydroxyl groups is 1. The van der Waals surface area contributed by atoms with Gasteiger partial charge in [0.1, 0.15) is 6.10 Å². The first-order valence-electron chi connectivity index (χ1n) is 5.91. The number of aliphatic hydroxyl groups excluding tert-OH is 1. The van der Waals surface area contributed by atoms with Gasteiger partial charge in [-0.2, -0.15) is 0 Å². The number of unbranched alkanes of at least 4 members (excludes halogenated alkanes) is 2. The summed E-state index contributed by atoms with van der Waals surface area (Å²) >= 11 is 0. The van der Waals surface area contributed by atoms with Crippen LogP contribution >= 0.6 is 0 Å². The molecule has 0 fully saturated rings. The molecule has 0 aliphatic carbocycles. The third-order valence-corrected chi connectivity index (χ3v) is 2.72. The lowest BCUT2D eigenvalue weighted by Crippen LogP contribution is -2.00. The average molecular weight is 216 g/mol. The van der Waals surface area contributed by atoms with Crippen LogP contribution in [0.15, 0.2) is 48.2 Å². The van der Waals surface area contributed by atoms with Gasteiger partial charge in [0, 0.05) is 5.57 Å². The topological polar surface area (TPSA) is 20.2 Å². The van der Waals surface area contributed by atoms with Gasteiger partial charge in [-0.25, -0.2) is 0 Å². The van der Waals surface area contributed by atoms with Gasteiger partial charge in [0.15, 0.2) is 0 Å². The molecule has 16 heavy (non-hydrogen) atoms. The number of hydrogen-bond acceptors (Lipinski definition) is 1. The summed E-state index contributed by atoms with van der Waals surface area (Å²) in [5, 5.41) is 10.1. The highest BCUT2D eigenvalue weighted by molar-refractivity contribution is 5.25. The maximum atomic E-state index is 10.1. The molecule has 0 spiro atoms. The van der Waals surface area contributed by atoms with Crippen LogP contribution in [0.1, 0.15) is 44.3 Å². The van der Waals surface area contributed by atoms with Crippen LogP contribution in [-0.2, 0) is 0 Å². The molecular formula is C15H20O. The highest BCUT2D eigenvalue weighted by Gasteiger charge is 2.11. The van der Waals surface area contributed by atoms with E-state index in [1.807, 2.05) is 30.3 Å². The lowest BCUT2D eigenvalue weighted by molar-refractivity contribution is 0.211. The van der Waals surface area contributed by atoms with Crippen LogP contribution in [-0.4, -0.2) is 5.11 Å². The van der Waals surface area contributed by atoms with Gasteiger partial charge >= 0.3 is 0 Å². The van der Waals surface area contributed by atoms with Crippen LogP contribution in [0.25, 0.3) is 0 Å². The molecule has 1 N–H and O–H groups in total. The van der Waals surface area contributed by atoms with Crippen molar-refractivity contribution in [1.29, 1.82) is 0 Å². The van der Waals surface area contributed by atoms with Crippen molar-refractivity contribution in [2.24, 2.45) is 0 Å². The molecule has 1 nitrogen and oxygen atoms in total. The summed E-state index contributed by atoms with van der Waals surface area (Å²) in [4.78, 5) is 0. The Bertz CT molecular complexity index is 347.